The van der Waals surface area contributed by atoms with E-state index >= 15 is 0 Å². The SMILES string of the molecule is C1=Cc2nc1c(-c1ccncc1)c1ccc=1c(-c1ccncc1)c1nc(c(-c3ccncc3)c3ccc([n-]3)c2-c2ccncc2)C=C1.[Ni]. The normalized spacial score (nSPS) is 11.8. The first-order valence-electron chi connectivity index (χ1n) is 15.3. The topological polar surface area (TPSA) is 91.4 Å². The number of nitrogens with zero attached hydrogens (tertiary/aromatic N) is 7. The maximum Gasteiger partial charge on any atom is 0.0722 e. The summed E-state index contributed by atoms with van der Waals surface area (Å²) in [6.45, 7) is 0. The molecule has 6 bridgehead atoms. The minimum absolute atomic E-state index is 0. The monoisotopic (exact) mass is 660 g/mol. The first-order valence-corrected chi connectivity index (χ1v) is 15.3. The molecule has 5 aromatic heterocycles. The Morgan fingerprint density at radius 3 is 0.938 bits per heavy atom. The molecule has 0 atom stereocenters. The molecule has 3 aliphatic heterocycles. The maximum atomic E-state index is 5.30. The van der Waals surface area contributed by atoms with Crippen LogP contribution in [0, 0.1) is 10.4 Å². The zero-order valence-corrected chi connectivity index (χ0v) is 26.3. The molecular formula is C40H24N7Ni-. The molecule has 230 valence electrons. The molecule has 7 nitrogen and oxygen atoms in total. The summed E-state index contributed by atoms with van der Waals surface area (Å²) in [4.78, 5) is 33.0. The van der Waals surface area contributed by atoms with Crippen molar-refractivity contribution in [3.63, 3.8) is 0 Å². The number of hydrogen-bond acceptors (Lipinski definition) is 6. The molecule has 4 aliphatic rings. The fourth-order valence-electron chi connectivity index (χ4n) is 6.42. The maximum absolute atomic E-state index is 5.30. The third-order valence-corrected chi connectivity index (χ3v) is 8.58. The second-order valence-corrected chi connectivity index (χ2v) is 11.3. The van der Waals surface area contributed by atoms with E-state index in [4.69, 9.17) is 15.0 Å². The van der Waals surface area contributed by atoms with Crippen LogP contribution in [0.2, 0.25) is 0 Å². The molecule has 0 spiro atoms. The van der Waals surface area contributed by atoms with Crippen molar-refractivity contribution >= 4 is 35.3 Å². The van der Waals surface area contributed by atoms with Crippen molar-refractivity contribution in [1.82, 2.24) is 34.9 Å². The first kappa shape index (κ1) is 29.3. The molecule has 0 saturated heterocycles. The van der Waals surface area contributed by atoms with Crippen LogP contribution in [0.3, 0.4) is 0 Å². The molecule has 8 heterocycles. The van der Waals surface area contributed by atoms with Crippen LogP contribution in [0.25, 0.3) is 79.8 Å². The number of rotatable bonds is 4. The summed E-state index contributed by atoms with van der Waals surface area (Å²) in [5.41, 5.74) is 13.0. The van der Waals surface area contributed by atoms with Crippen molar-refractivity contribution < 1.29 is 16.5 Å². The van der Waals surface area contributed by atoms with E-state index in [1.165, 1.54) is 0 Å². The molecule has 0 amide bonds. The fourth-order valence-corrected chi connectivity index (χ4v) is 6.42. The van der Waals surface area contributed by atoms with Gasteiger partial charge in [-0.2, -0.15) is 0 Å². The molecule has 1 aliphatic carbocycles. The molecule has 48 heavy (non-hydrogen) atoms. The number of hydrogen-bond donors (Lipinski definition) is 0. The summed E-state index contributed by atoms with van der Waals surface area (Å²) in [6, 6.07) is 24.6. The minimum Gasteiger partial charge on any atom is -0.657 e. The van der Waals surface area contributed by atoms with E-state index < -0.39 is 0 Å². The van der Waals surface area contributed by atoms with Gasteiger partial charge in [-0.05, 0) is 117 Å². The Labute approximate surface area is 285 Å². The van der Waals surface area contributed by atoms with Gasteiger partial charge in [0.05, 0.1) is 22.8 Å². The molecular weight excluding hydrogens is 637 g/mol. The van der Waals surface area contributed by atoms with Crippen molar-refractivity contribution in [2.45, 2.75) is 0 Å². The van der Waals surface area contributed by atoms with Crippen molar-refractivity contribution in [2.75, 3.05) is 0 Å². The number of fused-ring (bicyclic) bond motifs is 6. The van der Waals surface area contributed by atoms with Crippen molar-refractivity contribution in [3.05, 3.63) is 156 Å². The molecule has 9 rings (SSSR count). The van der Waals surface area contributed by atoms with Gasteiger partial charge in [0.15, 0.2) is 0 Å². The Hall–Kier alpha value is -6.11. The predicted octanol–water partition coefficient (Wildman–Crippen LogP) is 8.21. The largest absolute Gasteiger partial charge is 0.657 e. The van der Waals surface area contributed by atoms with Crippen LogP contribution >= 0.6 is 0 Å². The third kappa shape index (κ3) is 5.00. The Balaban J connectivity index is 0.00000336. The van der Waals surface area contributed by atoms with Gasteiger partial charge in [-0.25, -0.2) is 9.97 Å². The number of aromatic nitrogens is 7. The number of pyridine rings is 4. The van der Waals surface area contributed by atoms with Gasteiger partial charge >= 0.3 is 0 Å². The van der Waals surface area contributed by atoms with Crippen molar-refractivity contribution in [1.29, 1.82) is 0 Å². The van der Waals surface area contributed by atoms with Crippen LogP contribution in [0.5, 0.6) is 0 Å². The molecule has 5 aromatic rings. The van der Waals surface area contributed by atoms with E-state index in [0.717, 1.165) is 88.8 Å². The van der Waals surface area contributed by atoms with Crippen LogP contribution in [0.15, 0.2) is 122 Å². The van der Waals surface area contributed by atoms with E-state index in [2.05, 4.69) is 68.5 Å². The van der Waals surface area contributed by atoms with Gasteiger partial charge in [-0.15, -0.1) is 11.0 Å². The van der Waals surface area contributed by atoms with Gasteiger partial charge in [0.25, 0.3) is 0 Å². The van der Waals surface area contributed by atoms with Gasteiger partial charge in [0, 0.05) is 77.2 Å². The summed E-state index contributed by atoms with van der Waals surface area (Å²) in [6.07, 6.45) is 22.9. The van der Waals surface area contributed by atoms with E-state index in [0.29, 0.717) is 0 Å². The molecule has 0 aromatic carbocycles. The van der Waals surface area contributed by atoms with Crippen LogP contribution in [0.4, 0.5) is 0 Å². The molecule has 0 radical (unpaired) electrons. The van der Waals surface area contributed by atoms with E-state index in [1.807, 2.05) is 73.3 Å². The Kier molecular flexibility index (Phi) is 7.48. The predicted molar refractivity (Wildman–Crippen MR) is 185 cm³/mol. The molecule has 0 unspecified atom stereocenters. The summed E-state index contributed by atoms with van der Waals surface area (Å²) in [5, 5.41) is 2.17. The molecule has 8 heteroatoms. The Bertz CT molecular complexity index is 2370. The Morgan fingerprint density at radius 1 is 0.333 bits per heavy atom. The van der Waals surface area contributed by atoms with Crippen molar-refractivity contribution in [2.24, 2.45) is 0 Å². The smallest absolute Gasteiger partial charge is 0.0722 e. The second-order valence-electron chi connectivity index (χ2n) is 11.3. The van der Waals surface area contributed by atoms with Gasteiger partial charge < -0.3 is 4.98 Å². The Morgan fingerprint density at radius 2 is 0.625 bits per heavy atom. The average Bonchev–Trinajstić information content (AvgIpc) is 3.90. The second kappa shape index (κ2) is 12.2. The van der Waals surface area contributed by atoms with E-state index in [9.17, 15) is 0 Å². The van der Waals surface area contributed by atoms with E-state index in [1.54, 1.807) is 24.8 Å². The third-order valence-electron chi connectivity index (χ3n) is 8.58. The summed E-state index contributed by atoms with van der Waals surface area (Å²) in [7, 11) is 0. The van der Waals surface area contributed by atoms with Gasteiger partial charge in [0.1, 0.15) is 0 Å². The zero-order valence-electron chi connectivity index (χ0n) is 25.3. The van der Waals surface area contributed by atoms with Crippen LogP contribution < -0.4 is 4.98 Å². The van der Waals surface area contributed by atoms with E-state index in [-0.39, 0.29) is 16.5 Å². The van der Waals surface area contributed by atoms with Crippen LogP contribution in [0.1, 0.15) is 22.8 Å². The fraction of sp³-hybridized carbons (Fsp3) is 0. The molecule has 0 fully saturated rings. The zero-order chi connectivity index (χ0) is 31.2. The standard InChI is InChI=1S/C40H24N7.Ni/c1-2-30-29(1)37(25-9-17-41-18-10-25)31-3-5-33(45-31)39(27-13-21-43-22-14-27)35-7-8-36(47-35)40(28-15-23-44-24-16-28)34-6-4-32(46-34)38(30)26-11-19-42-20-12-26;/h1-24H;/q-1;. The quantitative estimate of drug-likeness (QED) is 0.176. The van der Waals surface area contributed by atoms with Crippen molar-refractivity contribution in [3.8, 4) is 44.5 Å². The average molecular weight is 661 g/mol. The first-order chi connectivity index (χ1) is 23.3. The van der Waals surface area contributed by atoms with Gasteiger partial charge in [0.2, 0.25) is 0 Å². The van der Waals surface area contributed by atoms with Gasteiger partial charge in [-0.1, -0.05) is 24.3 Å². The van der Waals surface area contributed by atoms with Gasteiger partial charge in [-0.3, -0.25) is 19.9 Å². The van der Waals surface area contributed by atoms with Crippen LogP contribution in [-0.4, -0.2) is 29.9 Å². The summed E-state index contributed by atoms with van der Waals surface area (Å²) >= 11 is 0. The summed E-state index contributed by atoms with van der Waals surface area (Å²) in [5.74, 6) is 0. The van der Waals surface area contributed by atoms with Crippen LogP contribution in [-0.2, 0) is 16.5 Å². The molecule has 0 saturated carbocycles. The minimum atomic E-state index is 0. The molecule has 0 N–H and O–H groups in total. The summed E-state index contributed by atoms with van der Waals surface area (Å²) < 4.78 is 0.